The van der Waals surface area contributed by atoms with Gasteiger partial charge in [0.15, 0.2) is 0 Å². The van der Waals surface area contributed by atoms with E-state index in [1.54, 1.807) is 30.7 Å². The number of aromatic nitrogens is 2. The molecule has 2 amide bonds. The molecule has 1 aromatic carbocycles. The summed E-state index contributed by atoms with van der Waals surface area (Å²) in [4.78, 5) is 20.5. The number of rotatable bonds is 5. The molecular weight excluding hydrogens is 336 g/mol. The zero-order chi connectivity index (χ0) is 17.5. The van der Waals surface area contributed by atoms with Crippen molar-refractivity contribution in [3.63, 3.8) is 0 Å². The van der Waals surface area contributed by atoms with Gasteiger partial charge in [-0.05, 0) is 41.5 Å². The monoisotopic (exact) mass is 352 g/mol. The fourth-order valence-electron chi connectivity index (χ4n) is 2.37. The summed E-state index contributed by atoms with van der Waals surface area (Å²) in [5.74, 6) is 0. The van der Waals surface area contributed by atoms with E-state index < -0.39 is 0 Å². The van der Waals surface area contributed by atoms with E-state index in [4.69, 9.17) is 11.6 Å². The van der Waals surface area contributed by atoms with Crippen molar-refractivity contribution >= 4 is 17.6 Å². The topological polar surface area (TPSA) is 66.9 Å². The molecule has 0 bridgehead atoms. The predicted octanol–water partition coefficient (Wildman–Crippen LogP) is 3.80. The molecule has 0 aliphatic rings. The van der Waals surface area contributed by atoms with Crippen LogP contribution in [0.2, 0.25) is 5.02 Å². The zero-order valence-electron chi connectivity index (χ0n) is 13.4. The van der Waals surface area contributed by atoms with E-state index in [2.05, 4.69) is 20.6 Å². The molecule has 0 unspecified atom stereocenters. The third-order valence-electron chi connectivity index (χ3n) is 3.63. The number of hydrogen-bond acceptors (Lipinski definition) is 3. The number of amides is 2. The quantitative estimate of drug-likeness (QED) is 0.734. The van der Waals surface area contributed by atoms with Gasteiger partial charge >= 0.3 is 6.03 Å². The third kappa shape index (κ3) is 4.78. The molecule has 0 fully saturated rings. The van der Waals surface area contributed by atoms with Gasteiger partial charge in [0, 0.05) is 42.3 Å². The maximum absolute atomic E-state index is 12.0. The van der Waals surface area contributed by atoms with E-state index in [0.29, 0.717) is 18.1 Å². The Balaban J connectivity index is 1.58. The fraction of sp³-hybridized carbons (Fsp3) is 0.105. The highest BCUT2D eigenvalue weighted by molar-refractivity contribution is 6.30. The minimum absolute atomic E-state index is 0.240. The van der Waals surface area contributed by atoms with Gasteiger partial charge < -0.3 is 10.6 Å². The van der Waals surface area contributed by atoms with Crippen molar-refractivity contribution < 1.29 is 4.79 Å². The zero-order valence-corrected chi connectivity index (χ0v) is 14.2. The van der Waals surface area contributed by atoms with Gasteiger partial charge in [0.2, 0.25) is 0 Å². The van der Waals surface area contributed by atoms with E-state index in [1.165, 1.54) is 0 Å². The lowest BCUT2D eigenvalue weighted by Crippen LogP contribution is -2.34. The van der Waals surface area contributed by atoms with Gasteiger partial charge in [0.1, 0.15) is 0 Å². The Kier molecular flexibility index (Phi) is 5.59. The molecule has 0 radical (unpaired) electrons. The van der Waals surface area contributed by atoms with Crippen LogP contribution in [0.5, 0.6) is 0 Å². The summed E-state index contributed by atoms with van der Waals surface area (Å²) in [6, 6.07) is 14.7. The second-order valence-corrected chi connectivity index (χ2v) is 5.85. The average molecular weight is 353 g/mol. The minimum Gasteiger partial charge on any atom is -0.334 e. The maximum Gasteiger partial charge on any atom is 0.315 e. The number of hydrogen-bond donors (Lipinski definition) is 2. The Labute approximate surface area is 151 Å². The molecule has 2 aromatic heterocycles. The van der Waals surface area contributed by atoms with Crippen LogP contribution in [0.3, 0.4) is 0 Å². The van der Waals surface area contributed by atoms with Crippen molar-refractivity contribution in [2.24, 2.45) is 0 Å². The predicted molar refractivity (Wildman–Crippen MR) is 98.0 cm³/mol. The van der Waals surface area contributed by atoms with Crippen molar-refractivity contribution in [3.05, 3.63) is 83.3 Å². The van der Waals surface area contributed by atoms with Gasteiger partial charge in [-0.1, -0.05) is 29.8 Å². The molecule has 2 heterocycles. The van der Waals surface area contributed by atoms with Gasteiger partial charge in [-0.15, -0.1) is 0 Å². The molecule has 0 atom stereocenters. The van der Waals surface area contributed by atoms with Crippen LogP contribution in [0.1, 0.15) is 11.1 Å². The van der Waals surface area contributed by atoms with Gasteiger partial charge in [-0.2, -0.15) is 0 Å². The number of carbonyl (C=O) groups is 1. The van der Waals surface area contributed by atoms with Crippen molar-refractivity contribution in [2.45, 2.75) is 13.1 Å². The van der Waals surface area contributed by atoms with Gasteiger partial charge in [0.25, 0.3) is 0 Å². The van der Waals surface area contributed by atoms with E-state index in [9.17, 15) is 4.79 Å². The van der Waals surface area contributed by atoms with E-state index in [1.807, 2.05) is 36.4 Å². The molecule has 0 saturated heterocycles. The second-order valence-electron chi connectivity index (χ2n) is 5.42. The number of urea groups is 1. The normalized spacial score (nSPS) is 10.3. The summed E-state index contributed by atoms with van der Waals surface area (Å²) in [5.41, 5.74) is 3.64. The first-order chi connectivity index (χ1) is 12.2. The summed E-state index contributed by atoms with van der Waals surface area (Å²) < 4.78 is 0. The highest BCUT2D eigenvalue weighted by Gasteiger charge is 2.08. The number of pyridine rings is 2. The first-order valence-electron chi connectivity index (χ1n) is 7.83. The van der Waals surface area contributed by atoms with E-state index >= 15 is 0 Å². The Morgan fingerprint density at radius 2 is 1.72 bits per heavy atom. The standard InChI is InChI=1S/C19H17ClN4O/c20-17-7-5-14(6-8-17)11-23-19(25)24-13-16-4-2-10-22-18(16)15-3-1-9-21-12-15/h1-10,12H,11,13H2,(H2,23,24,25). The lowest BCUT2D eigenvalue weighted by atomic mass is 10.1. The molecule has 0 spiro atoms. The highest BCUT2D eigenvalue weighted by atomic mass is 35.5. The molecule has 6 heteroatoms. The first kappa shape index (κ1) is 16.9. The van der Waals surface area contributed by atoms with E-state index in [-0.39, 0.29) is 6.03 Å². The largest absolute Gasteiger partial charge is 0.334 e. The Hall–Kier alpha value is -2.92. The van der Waals surface area contributed by atoms with Crippen molar-refractivity contribution in [2.75, 3.05) is 0 Å². The van der Waals surface area contributed by atoms with E-state index in [0.717, 1.165) is 22.4 Å². The van der Waals surface area contributed by atoms with Crippen molar-refractivity contribution in [1.29, 1.82) is 0 Å². The first-order valence-corrected chi connectivity index (χ1v) is 8.20. The van der Waals surface area contributed by atoms with Crippen LogP contribution >= 0.6 is 11.6 Å². The number of halogens is 1. The molecule has 2 N–H and O–H groups in total. The van der Waals surface area contributed by atoms with Gasteiger partial charge in [-0.25, -0.2) is 4.79 Å². The van der Waals surface area contributed by atoms with Crippen LogP contribution in [0.25, 0.3) is 11.3 Å². The van der Waals surface area contributed by atoms with Gasteiger partial charge in [-0.3, -0.25) is 9.97 Å². The number of nitrogens with zero attached hydrogens (tertiary/aromatic N) is 2. The summed E-state index contributed by atoms with van der Waals surface area (Å²) in [6.07, 6.45) is 5.20. The Morgan fingerprint density at radius 1 is 0.960 bits per heavy atom. The molecule has 3 rings (SSSR count). The van der Waals surface area contributed by atoms with Crippen molar-refractivity contribution in [3.8, 4) is 11.3 Å². The Bertz CT molecular complexity index is 838. The van der Waals surface area contributed by atoms with Crippen LogP contribution in [0.4, 0.5) is 4.79 Å². The van der Waals surface area contributed by atoms with Crippen molar-refractivity contribution in [1.82, 2.24) is 20.6 Å². The molecule has 0 saturated carbocycles. The van der Waals surface area contributed by atoms with Crippen LogP contribution < -0.4 is 10.6 Å². The Morgan fingerprint density at radius 3 is 2.48 bits per heavy atom. The van der Waals surface area contributed by atoms with Crippen LogP contribution in [0, 0.1) is 0 Å². The van der Waals surface area contributed by atoms with Crippen LogP contribution in [-0.2, 0) is 13.1 Å². The van der Waals surface area contributed by atoms with Crippen LogP contribution in [0.15, 0.2) is 67.1 Å². The summed E-state index contributed by atoms with van der Waals surface area (Å²) in [6.45, 7) is 0.815. The molecule has 5 nitrogen and oxygen atoms in total. The number of benzene rings is 1. The molecule has 126 valence electrons. The van der Waals surface area contributed by atoms with Gasteiger partial charge in [0.05, 0.1) is 5.69 Å². The average Bonchev–Trinajstić information content (AvgIpc) is 2.67. The maximum atomic E-state index is 12.0. The second kappa shape index (κ2) is 8.26. The lowest BCUT2D eigenvalue weighted by Gasteiger charge is -2.11. The summed E-state index contributed by atoms with van der Waals surface area (Å²) in [7, 11) is 0. The lowest BCUT2D eigenvalue weighted by molar-refractivity contribution is 0.240. The smallest absolute Gasteiger partial charge is 0.315 e. The third-order valence-corrected chi connectivity index (χ3v) is 3.88. The molecule has 25 heavy (non-hydrogen) atoms. The highest BCUT2D eigenvalue weighted by Crippen LogP contribution is 2.19. The fourth-order valence-corrected chi connectivity index (χ4v) is 2.49. The van der Waals surface area contributed by atoms with Crippen LogP contribution in [-0.4, -0.2) is 16.0 Å². The number of nitrogens with one attached hydrogen (secondary N) is 2. The molecule has 3 aromatic rings. The molecule has 0 aliphatic heterocycles. The molecular formula is C19H17ClN4O. The molecule has 0 aliphatic carbocycles. The number of carbonyl (C=O) groups excluding carboxylic acids is 1. The SMILES string of the molecule is O=C(NCc1ccc(Cl)cc1)NCc1cccnc1-c1cccnc1. The summed E-state index contributed by atoms with van der Waals surface area (Å²) in [5, 5.41) is 6.35. The summed E-state index contributed by atoms with van der Waals surface area (Å²) >= 11 is 5.85. The minimum atomic E-state index is -0.240.